The normalized spacial score (nSPS) is 20.9. The summed E-state index contributed by atoms with van der Waals surface area (Å²) in [5.41, 5.74) is 5.47. The molecule has 0 amide bonds. The Balaban J connectivity index is 1.46. The number of morpholine rings is 1. The molecule has 1 aromatic carbocycles. The van der Waals surface area contributed by atoms with Crippen LogP contribution >= 0.6 is 12.2 Å². The molecule has 2 aromatic heterocycles. The van der Waals surface area contributed by atoms with E-state index in [1.165, 1.54) is 29.1 Å². The van der Waals surface area contributed by atoms with Crippen LogP contribution in [0.5, 0.6) is 0 Å². The third-order valence-electron chi connectivity index (χ3n) is 7.09. The van der Waals surface area contributed by atoms with Gasteiger partial charge >= 0.3 is 0 Å². The Morgan fingerprint density at radius 1 is 1.09 bits per heavy atom. The average molecular weight is 494 g/mol. The van der Waals surface area contributed by atoms with Crippen LogP contribution in [0.2, 0.25) is 0 Å². The highest BCUT2D eigenvalue weighted by atomic mass is 32.1. The number of benzene rings is 1. The van der Waals surface area contributed by atoms with E-state index in [9.17, 15) is 4.39 Å². The van der Waals surface area contributed by atoms with Crippen LogP contribution in [0, 0.1) is 19.7 Å². The third-order valence-corrected chi connectivity index (χ3v) is 7.41. The van der Waals surface area contributed by atoms with Gasteiger partial charge in [-0.15, -0.1) is 0 Å². The summed E-state index contributed by atoms with van der Waals surface area (Å²) in [6.07, 6.45) is 2.90. The largest absolute Gasteiger partial charge is 0.379 e. The monoisotopic (exact) mass is 493 g/mol. The lowest BCUT2D eigenvalue weighted by Gasteiger charge is -2.28. The summed E-state index contributed by atoms with van der Waals surface area (Å²) >= 11 is 5.81. The van der Waals surface area contributed by atoms with Crippen molar-refractivity contribution in [3.05, 3.63) is 83.2 Å². The quantitative estimate of drug-likeness (QED) is 0.488. The van der Waals surface area contributed by atoms with Gasteiger partial charge in [-0.3, -0.25) is 9.88 Å². The van der Waals surface area contributed by atoms with E-state index >= 15 is 0 Å². The smallest absolute Gasteiger partial charge is 0.174 e. The van der Waals surface area contributed by atoms with Gasteiger partial charge in [-0.05, 0) is 80.5 Å². The van der Waals surface area contributed by atoms with E-state index in [1.54, 1.807) is 12.1 Å². The van der Waals surface area contributed by atoms with E-state index in [0.29, 0.717) is 5.11 Å². The number of aromatic nitrogens is 2. The van der Waals surface area contributed by atoms with Crippen molar-refractivity contribution in [1.29, 1.82) is 0 Å². The number of ether oxygens (including phenoxy) is 1. The fourth-order valence-electron chi connectivity index (χ4n) is 5.30. The molecule has 35 heavy (non-hydrogen) atoms. The van der Waals surface area contributed by atoms with Crippen LogP contribution in [0.15, 0.2) is 54.7 Å². The first-order valence-corrected chi connectivity index (χ1v) is 12.7. The zero-order valence-electron chi connectivity index (χ0n) is 20.3. The average Bonchev–Trinajstić information content (AvgIpc) is 3.36. The SMILES string of the molecule is Cc1cc([C@H]2[C@@H](c3ccccn3)NC(=S)N2c2ccc(F)cc2)c(C)n1CCCN1CCOCC1. The Kier molecular flexibility index (Phi) is 7.13. The van der Waals surface area contributed by atoms with Gasteiger partial charge in [0.25, 0.3) is 0 Å². The van der Waals surface area contributed by atoms with Gasteiger partial charge < -0.3 is 19.5 Å². The van der Waals surface area contributed by atoms with Crippen LogP contribution in [0.3, 0.4) is 0 Å². The van der Waals surface area contributed by atoms with Crippen LogP contribution in [-0.4, -0.2) is 52.4 Å². The number of rotatable bonds is 7. The van der Waals surface area contributed by atoms with E-state index in [2.05, 4.69) is 44.6 Å². The zero-order chi connectivity index (χ0) is 24.4. The third kappa shape index (κ3) is 4.96. The summed E-state index contributed by atoms with van der Waals surface area (Å²) in [5, 5.41) is 4.12. The molecule has 2 fully saturated rings. The highest BCUT2D eigenvalue weighted by molar-refractivity contribution is 7.80. The van der Waals surface area contributed by atoms with Crippen LogP contribution in [0.25, 0.3) is 0 Å². The van der Waals surface area contributed by atoms with Crippen LogP contribution in [-0.2, 0) is 11.3 Å². The molecule has 184 valence electrons. The second-order valence-electron chi connectivity index (χ2n) is 9.26. The summed E-state index contributed by atoms with van der Waals surface area (Å²) in [5.74, 6) is -0.261. The van der Waals surface area contributed by atoms with Crippen molar-refractivity contribution in [3.63, 3.8) is 0 Å². The number of thiocarbonyl (C=S) groups is 1. The van der Waals surface area contributed by atoms with E-state index in [1.807, 2.05) is 24.4 Å². The van der Waals surface area contributed by atoms with E-state index < -0.39 is 0 Å². The van der Waals surface area contributed by atoms with Crippen molar-refractivity contribution in [2.24, 2.45) is 0 Å². The summed E-state index contributed by atoms with van der Waals surface area (Å²) in [4.78, 5) is 9.22. The molecule has 6 nitrogen and oxygen atoms in total. The fourth-order valence-corrected chi connectivity index (χ4v) is 5.65. The van der Waals surface area contributed by atoms with Gasteiger partial charge in [-0.2, -0.15) is 0 Å². The molecule has 1 N–H and O–H groups in total. The number of nitrogens with zero attached hydrogens (tertiary/aromatic N) is 4. The predicted molar refractivity (Wildman–Crippen MR) is 140 cm³/mol. The molecule has 0 aliphatic carbocycles. The summed E-state index contributed by atoms with van der Waals surface area (Å²) < 4.78 is 21.6. The molecule has 4 heterocycles. The molecule has 8 heteroatoms. The van der Waals surface area contributed by atoms with Gasteiger partial charge in [0.05, 0.1) is 31.0 Å². The Labute approximate surface area is 211 Å². The van der Waals surface area contributed by atoms with Gasteiger partial charge in [0.2, 0.25) is 0 Å². The van der Waals surface area contributed by atoms with Crippen molar-refractivity contribution in [1.82, 2.24) is 19.8 Å². The number of aryl methyl sites for hydroxylation is 1. The van der Waals surface area contributed by atoms with Gasteiger partial charge in [0.15, 0.2) is 5.11 Å². The second kappa shape index (κ2) is 10.4. The summed E-state index contributed by atoms with van der Waals surface area (Å²) in [7, 11) is 0. The van der Waals surface area contributed by atoms with Gasteiger partial charge in [0.1, 0.15) is 5.82 Å². The van der Waals surface area contributed by atoms with Crippen LogP contribution in [0.1, 0.15) is 41.1 Å². The van der Waals surface area contributed by atoms with Crippen molar-refractivity contribution >= 4 is 23.0 Å². The zero-order valence-corrected chi connectivity index (χ0v) is 21.1. The Bertz CT molecular complexity index is 1160. The number of anilines is 1. The Morgan fingerprint density at radius 2 is 1.86 bits per heavy atom. The van der Waals surface area contributed by atoms with Crippen molar-refractivity contribution in [2.75, 3.05) is 37.7 Å². The van der Waals surface area contributed by atoms with Crippen LogP contribution in [0.4, 0.5) is 10.1 Å². The number of hydrogen-bond donors (Lipinski definition) is 1. The highest BCUT2D eigenvalue weighted by Gasteiger charge is 2.42. The minimum absolute atomic E-state index is 0.0953. The predicted octanol–water partition coefficient (Wildman–Crippen LogP) is 4.54. The van der Waals surface area contributed by atoms with Gasteiger partial charge in [-0.1, -0.05) is 6.07 Å². The number of halogens is 1. The lowest BCUT2D eigenvalue weighted by atomic mass is 9.96. The maximum Gasteiger partial charge on any atom is 0.174 e. The van der Waals surface area contributed by atoms with E-state index in [-0.39, 0.29) is 17.9 Å². The fraction of sp³-hybridized carbons (Fsp3) is 0.407. The van der Waals surface area contributed by atoms with E-state index in [0.717, 1.165) is 57.2 Å². The van der Waals surface area contributed by atoms with Gasteiger partial charge in [-0.25, -0.2) is 4.39 Å². The van der Waals surface area contributed by atoms with Crippen molar-refractivity contribution in [2.45, 2.75) is 38.9 Å². The molecule has 0 saturated carbocycles. The maximum absolute atomic E-state index is 13.7. The minimum Gasteiger partial charge on any atom is -0.379 e. The first-order chi connectivity index (χ1) is 17.0. The Morgan fingerprint density at radius 3 is 2.57 bits per heavy atom. The summed E-state index contributed by atoms with van der Waals surface area (Å²) in [6, 6.07) is 14.6. The molecule has 2 atom stereocenters. The molecule has 0 unspecified atom stereocenters. The molecular weight excluding hydrogens is 461 g/mol. The van der Waals surface area contributed by atoms with Crippen molar-refractivity contribution < 1.29 is 9.13 Å². The lowest BCUT2D eigenvalue weighted by molar-refractivity contribution is 0.0369. The standard InChI is InChI=1S/C27H32FN5OS/c1-19-18-23(20(2)32(19)13-5-12-31-14-16-34-17-15-31)26-25(24-6-3-4-11-29-24)30-27(35)33(26)22-9-7-21(28)8-10-22/h3-4,6-11,18,25-26H,5,12-17H2,1-2H3,(H,30,35)/t25-,26+/m1/s1. The molecule has 0 bridgehead atoms. The Hall–Kier alpha value is -2.81. The maximum atomic E-state index is 13.7. The first kappa shape index (κ1) is 23.9. The van der Waals surface area contributed by atoms with Crippen molar-refractivity contribution in [3.8, 4) is 0 Å². The highest BCUT2D eigenvalue weighted by Crippen LogP contribution is 2.43. The molecule has 2 aliphatic rings. The number of pyridine rings is 1. The van der Waals surface area contributed by atoms with Gasteiger partial charge in [0, 0.05) is 49.5 Å². The second-order valence-corrected chi connectivity index (χ2v) is 9.65. The van der Waals surface area contributed by atoms with E-state index in [4.69, 9.17) is 17.0 Å². The molecule has 0 spiro atoms. The molecule has 0 radical (unpaired) electrons. The molecule has 2 aliphatic heterocycles. The number of nitrogens with one attached hydrogen (secondary N) is 1. The lowest BCUT2D eigenvalue weighted by Crippen LogP contribution is -2.37. The topological polar surface area (TPSA) is 45.6 Å². The molecule has 3 aromatic rings. The minimum atomic E-state index is -0.261. The molecule has 5 rings (SSSR count). The number of hydrogen-bond acceptors (Lipinski definition) is 4. The summed E-state index contributed by atoms with van der Waals surface area (Å²) in [6.45, 7) is 10.1. The first-order valence-electron chi connectivity index (χ1n) is 12.3. The molecule has 2 saturated heterocycles. The van der Waals surface area contributed by atoms with Crippen LogP contribution < -0.4 is 10.2 Å². The molecular formula is C27H32FN5OS.